The summed E-state index contributed by atoms with van der Waals surface area (Å²) < 4.78 is 5.28. The van der Waals surface area contributed by atoms with E-state index in [9.17, 15) is 10.1 Å². The SMILES string of the molecule is N#C[C@H](NC(=O)c1nc(N2CCCC2)ncc1Cl)[C@H]1CCOC1. The van der Waals surface area contributed by atoms with Crippen LogP contribution in [0.1, 0.15) is 29.8 Å². The van der Waals surface area contributed by atoms with Crippen LogP contribution in [0.3, 0.4) is 0 Å². The number of hydrogen-bond acceptors (Lipinski definition) is 6. The molecule has 2 aliphatic rings. The minimum Gasteiger partial charge on any atom is -0.381 e. The van der Waals surface area contributed by atoms with Gasteiger partial charge in [-0.15, -0.1) is 0 Å². The second-order valence-corrected chi connectivity index (χ2v) is 6.17. The van der Waals surface area contributed by atoms with E-state index in [1.807, 2.05) is 4.90 Å². The van der Waals surface area contributed by atoms with Crippen LogP contribution in [0.2, 0.25) is 5.02 Å². The quantitative estimate of drug-likeness (QED) is 0.894. The Morgan fingerprint density at radius 1 is 1.52 bits per heavy atom. The van der Waals surface area contributed by atoms with Crippen molar-refractivity contribution in [2.24, 2.45) is 5.92 Å². The molecule has 2 saturated heterocycles. The van der Waals surface area contributed by atoms with Crippen molar-refractivity contribution >= 4 is 23.5 Å². The highest BCUT2D eigenvalue weighted by atomic mass is 35.5. The van der Waals surface area contributed by atoms with Gasteiger partial charge in [0.1, 0.15) is 6.04 Å². The van der Waals surface area contributed by atoms with Crippen LogP contribution in [0, 0.1) is 17.2 Å². The van der Waals surface area contributed by atoms with Crippen molar-refractivity contribution in [1.82, 2.24) is 15.3 Å². The first-order valence-electron chi connectivity index (χ1n) is 7.75. The molecule has 2 fully saturated rings. The Labute approximate surface area is 139 Å². The Kier molecular flexibility index (Phi) is 4.94. The summed E-state index contributed by atoms with van der Waals surface area (Å²) in [6, 6.07) is 1.52. The number of nitrogens with one attached hydrogen (secondary N) is 1. The lowest BCUT2D eigenvalue weighted by atomic mass is 10.0. The number of nitriles is 1. The molecule has 0 unspecified atom stereocenters. The molecule has 122 valence electrons. The molecule has 2 atom stereocenters. The third kappa shape index (κ3) is 3.54. The summed E-state index contributed by atoms with van der Waals surface area (Å²) in [5, 5.41) is 12.2. The predicted octanol–water partition coefficient (Wildman–Crippen LogP) is 1.39. The molecule has 0 aliphatic carbocycles. The van der Waals surface area contributed by atoms with Gasteiger partial charge in [0, 0.05) is 25.6 Å². The average Bonchev–Trinajstić information content (AvgIpc) is 3.26. The van der Waals surface area contributed by atoms with Crippen LogP contribution in [-0.4, -0.2) is 48.2 Å². The van der Waals surface area contributed by atoms with Gasteiger partial charge in [-0.1, -0.05) is 11.6 Å². The molecule has 23 heavy (non-hydrogen) atoms. The summed E-state index contributed by atoms with van der Waals surface area (Å²) in [6.45, 7) is 2.85. The Hall–Kier alpha value is -1.91. The van der Waals surface area contributed by atoms with E-state index < -0.39 is 11.9 Å². The average molecular weight is 336 g/mol. The maximum absolute atomic E-state index is 12.5. The molecule has 0 radical (unpaired) electrons. The Balaban J connectivity index is 1.75. The van der Waals surface area contributed by atoms with Crippen LogP contribution in [-0.2, 0) is 4.74 Å². The van der Waals surface area contributed by atoms with Crippen molar-refractivity contribution in [3.63, 3.8) is 0 Å². The fourth-order valence-electron chi connectivity index (χ4n) is 2.87. The maximum atomic E-state index is 12.5. The van der Waals surface area contributed by atoms with Crippen molar-refractivity contribution < 1.29 is 9.53 Å². The van der Waals surface area contributed by atoms with Crippen molar-refractivity contribution in [1.29, 1.82) is 5.26 Å². The number of anilines is 1. The van der Waals surface area contributed by atoms with E-state index in [0.717, 1.165) is 32.4 Å². The molecular formula is C15H18ClN5O2. The van der Waals surface area contributed by atoms with Gasteiger partial charge >= 0.3 is 0 Å². The topological polar surface area (TPSA) is 91.1 Å². The van der Waals surface area contributed by atoms with E-state index in [0.29, 0.717) is 19.2 Å². The van der Waals surface area contributed by atoms with Gasteiger partial charge in [0.05, 0.1) is 23.9 Å². The molecule has 1 aromatic heterocycles. The maximum Gasteiger partial charge on any atom is 0.272 e. The molecular weight excluding hydrogens is 318 g/mol. The van der Waals surface area contributed by atoms with Crippen LogP contribution < -0.4 is 10.2 Å². The molecule has 1 aromatic rings. The lowest BCUT2D eigenvalue weighted by Gasteiger charge is -2.18. The molecule has 0 saturated carbocycles. The van der Waals surface area contributed by atoms with Gasteiger partial charge in [0.2, 0.25) is 5.95 Å². The van der Waals surface area contributed by atoms with E-state index in [-0.39, 0.29) is 16.6 Å². The summed E-state index contributed by atoms with van der Waals surface area (Å²) >= 11 is 6.07. The van der Waals surface area contributed by atoms with Crippen molar-refractivity contribution in [3.05, 3.63) is 16.9 Å². The highest BCUT2D eigenvalue weighted by Gasteiger charge is 2.28. The van der Waals surface area contributed by atoms with Gasteiger partial charge in [-0.05, 0) is 19.3 Å². The summed E-state index contributed by atoms with van der Waals surface area (Å²) in [4.78, 5) is 23.0. The molecule has 2 aliphatic heterocycles. The summed E-state index contributed by atoms with van der Waals surface area (Å²) in [7, 11) is 0. The Morgan fingerprint density at radius 2 is 2.30 bits per heavy atom. The highest BCUT2D eigenvalue weighted by molar-refractivity contribution is 6.33. The van der Waals surface area contributed by atoms with Gasteiger partial charge in [-0.3, -0.25) is 4.79 Å². The number of carbonyl (C=O) groups is 1. The zero-order valence-electron chi connectivity index (χ0n) is 12.7. The second-order valence-electron chi connectivity index (χ2n) is 5.76. The number of aromatic nitrogens is 2. The van der Waals surface area contributed by atoms with E-state index in [1.54, 1.807) is 0 Å². The molecule has 0 aromatic carbocycles. The first-order valence-corrected chi connectivity index (χ1v) is 8.12. The van der Waals surface area contributed by atoms with E-state index in [4.69, 9.17) is 16.3 Å². The van der Waals surface area contributed by atoms with E-state index in [1.165, 1.54) is 6.20 Å². The fraction of sp³-hybridized carbons (Fsp3) is 0.600. The highest BCUT2D eigenvalue weighted by Crippen LogP contribution is 2.21. The Bertz CT molecular complexity index is 621. The van der Waals surface area contributed by atoms with E-state index >= 15 is 0 Å². The Morgan fingerprint density at radius 3 is 2.96 bits per heavy atom. The standard InChI is InChI=1S/C15H18ClN5O2/c16-11-8-18-15(21-4-1-2-5-21)20-13(11)14(22)19-12(7-17)10-3-6-23-9-10/h8,10,12H,1-6,9H2,(H,19,22)/t10-,12-/m0/s1. The number of rotatable bonds is 4. The second kappa shape index (κ2) is 7.11. The number of hydrogen-bond donors (Lipinski definition) is 1. The van der Waals surface area contributed by atoms with Gasteiger partial charge in [-0.25, -0.2) is 9.97 Å². The predicted molar refractivity (Wildman–Crippen MR) is 84.3 cm³/mol. The zero-order chi connectivity index (χ0) is 16.2. The van der Waals surface area contributed by atoms with Gasteiger partial charge in [0.25, 0.3) is 5.91 Å². The van der Waals surface area contributed by atoms with Crippen molar-refractivity contribution in [3.8, 4) is 6.07 Å². The monoisotopic (exact) mass is 335 g/mol. The summed E-state index contributed by atoms with van der Waals surface area (Å²) in [6.07, 6.45) is 4.38. The zero-order valence-corrected chi connectivity index (χ0v) is 13.4. The number of halogens is 1. The van der Waals surface area contributed by atoms with E-state index in [2.05, 4.69) is 21.4 Å². The minimum absolute atomic E-state index is 0.00242. The van der Waals surface area contributed by atoms with Gasteiger partial charge in [-0.2, -0.15) is 5.26 Å². The molecule has 3 rings (SSSR count). The lowest BCUT2D eigenvalue weighted by Crippen LogP contribution is -2.40. The van der Waals surface area contributed by atoms with Crippen LogP contribution in [0.25, 0.3) is 0 Å². The molecule has 1 N–H and O–H groups in total. The first-order chi connectivity index (χ1) is 11.2. The van der Waals surface area contributed by atoms with Crippen molar-refractivity contribution in [2.75, 3.05) is 31.2 Å². The molecule has 8 heteroatoms. The van der Waals surface area contributed by atoms with Gasteiger partial charge < -0.3 is 15.0 Å². The molecule has 0 bridgehead atoms. The normalized spacial score (nSPS) is 21.9. The summed E-state index contributed by atoms with van der Waals surface area (Å²) in [5.74, 6) is 0.0636. The van der Waals surface area contributed by atoms with Crippen LogP contribution in [0.5, 0.6) is 0 Å². The molecule has 7 nitrogen and oxygen atoms in total. The largest absolute Gasteiger partial charge is 0.381 e. The third-order valence-electron chi connectivity index (χ3n) is 4.20. The molecule has 3 heterocycles. The van der Waals surface area contributed by atoms with Crippen LogP contribution >= 0.6 is 11.6 Å². The molecule has 0 spiro atoms. The first kappa shape index (κ1) is 16.0. The lowest BCUT2D eigenvalue weighted by molar-refractivity contribution is 0.0926. The minimum atomic E-state index is -0.605. The number of carbonyl (C=O) groups excluding carboxylic acids is 1. The fourth-order valence-corrected chi connectivity index (χ4v) is 3.04. The van der Waals surface area contributed by atoms with Crippen LogP contribution in [0.4, 0.5) is 5.95 Å². The van der Waals surface area contributed by atoms with Gasteiger partial charge in [0.15, 0.2) is 5.69 Å². The number of ether oxygens (including phenoxy) is 1. The third-order valence-corrected chi connectivity index (χ3v) is 4.47. The number of amides is 1. The number of nitrogens with zero attached hydrogens (tertiary/aromatic N) is 4. The summed E-state index contributed by atoms with van der Waals surface area (Å²) in [5.41, 5.74) is 0.114. The smallest absolute Gasteiger partial charge is 0.272 e. The van der Waals surface area contributed by atoms with Crippen molar-refractivity contribution in [2.45, 2.75) is 25.3 Å². The molecule has 1 amide bonds. The van der Waals surface area contributed by atoms with Crippen LogP contribution in [0.15, 0.2) is 6.20 Å².